The first-order valence-corrected chi connectivity index (χ1v) is 10.1. The number of thioether (sulfide) groups is 1. The van der Waals surface area contributed by atoms with Crippen LogP contribution in [0.3, 0.4) is 0 Å². The predicted molar refractivity (Wildman–Crippen MR) is 127 cm³/mol. The second kappa shape index (κ2) is 10.9. The molecule has 150 valence electrons. The molecule has 0 unspecified atom stereocenters. The lowest BCUT2D eigenvalue weighted by molar-refractivity contribution is 0.665. The van der Waals surface area contributed by atoms with Gasteiger partial charge in [-0.3, -0.25) is 0 Å². The van der Waals surface area contributed by atoms with Gasteiger partial charge in [-0.15, -0.1) is 24.0 Å². The van der Waals surface area contributed by atoms with Gasteiger partial charge in [-0.2, -0.15) is 16.9 Å². The van der Waals surface area contributed by atoms with Gasteiger partial charge in [0.2, 0.25) is 0 Å². The Kier molecular flexibility index (Phi) is 9.58. The van der Waals surface area contributed by atoms with E-state index in [0.717, 1.165) is 41.8 Å². The third kappa shape index (κ3) is 7.33. The average molecular weight is 502 g/mol. The number of guanidine groups is 1. The van der Waals surface area contributed by atoms with Crippen molar-refractivity contribution in [2.45, 2.75) is 45.9 Å². The zero-order chi connectivity index (χ0) is 19.2. The Bertz CT molecular complexity index is 739. The highest BCUT2D eigenvalue weighted by atomic mass is 127. The average Bonchev–Trinajstić information content (AvgIpc) is 2.96. The Hall–Kier alpha value is -1.29. The summed E-state index contributed by atoms with van der Waals surface area (Å²) in [6, 6.07) is 6.09. The van der Waals surface area contributed by atoms with E-state index in [4.69, 9.17) is 0 Å². The van der Waals surface area contributed by atoms with Gasteiger partial charge in [-0.05, 0) is 58.6 Å². The van der Waals surface area contributed by atoms with Crippen molar-refractivity contribution in [2.24, 2.45) is 4.99 Å². The van der Waals surface area contributed by atoms with Crippen molar-refractivity contribution in [3.8, 4) is 5.82 Å². The lowest BCUT2D eigenvalue weighted by Crippen LogP contribution is -2.43. The number of nitrogens with one attached hydrogen (secondary N) is 2. The second-order valence-electron chi connectivity index (χ2n) is 6.88. The van der Waals surface area contributed by atoms with Gasteiger partial charge < -0.3 is 10.6 Å². The second-order valence-corrected chi connectivity index (χ2v) is 8.39. The molecule has 6 nitrogen and oxygen atoms in total. The molecule has 2 aromatic rings. The Balaban J connectivity index is 0.00000364. The highest BCUT2D eigenvalue weighted by Gasteiger charge is 2.16. The number of aryl methyl sites for hydroxylation is 2. The number of aliphatic imine (C=N–C) groups is 1. The normalized spacial score (nSPS) is 11.9. The minimum Gasteiger partial charge on any atom is -0.357 e. The van der Waals surface area contributed by atoms with E-state index in [1.807, 2.05) is 48.6 Å². The summed E-state index contributed by atoms with van der Waals surface area (Å²) in [6.07, 6.45) is 3.99. The highest BCUT2D eigenvalue weighted by molar-refractivity contribution is 14.0. The van der Waals surface area contributed by atoms with Crippen molar-refractivity contribution in [1.82, 2.24) is 25.4 Å². The van der Waals surface area contributed by atoms with Crippen LogP contribution < -0.4 is 10.6 Å². The van der Waals surface area contributed by atoms with Crippen LogP contribution in [0.2, 0.25) is 0 Å². The van der Waals surface area contributed by atoms with Crippen LogP contribution in [0.1, 0.15) is 37.7 Å². The van der Waals surface area contributed by atoms with Gasteiger partial charge in [0, 0.05) is 29.7 Å². The molecule has 0 spiro atoms. The Labute approximate surface area is 184 Å². The molecule has 2 heterocycles. The fourth-order valence-electron chi connectivity index (χ4n) is 2.38. The summed E-state index contributed by atoms with van der Waals surface area (Å²) in [6.45, 7) is 12.8. The maximum absolute atomic E-state index is 4.67. The van der Waals surface area contributed by atoms with Gasteiger partial charge in [0.15, 0.2) is 11.8 Å². The van der Waals surface area contributed by atoms with Gasteiger partial charge in [-0.1, -0.05) is 6.07 Å². The number of rotatable bonds is 7. The summed E-state index contributed by atoms with van der Waals surface area (Å²) >= 11 is 1.84. The number of hydrogen-bond donors (Lipinski definition) is 2. The van der Waals surface area contributed by atoms with Crippen LogP contribution in [-0.2, 0) is 6.54 Å². The molecule has 0 aliphatic carbocycles. The van der Waals surface area contributed by atoms with Gasteiger partial charge in [0.25, 0.3) is 0 Å². The van der Waals surface area contributed by atoms with Gasteiger partial charge >= 0.3 is 0 Å². The smallest absolute Gasteiger partial charge is 0.191 e. The SMILES string of the molecule is CCNC(=NCc1ccc(-n2nc(C)cc2C)nc1)NCC(C)(C)SC.I. The van der Waals surface area contributed by atoms with Crippen molar-refractivity contribution >= 4 is 41.7 Å². The maximum atomic E-state index is 4.67. The molecule has 8 heteroatoms. The quantitative estimate of drug-likeness (QED) is 0.344. The summed E-state index contributed by atoms with van der Waals surface area (Å²) in [4.78, 5) is 9.20. The lowest BCUT2D eigenvalue weighted by atomic mass is 10.2. The molecule has 0 aromatic carbocycles. The summed E-state index contributed by atoms with van der Waals surface area (Å²) < 4.78 is 2.03. The van der Waals surface area contributed by atoms with Crippen LogP contribution in [-0.4, -0.2) is 44.8 Å². The summed E-state index contributed by atoms with van der Waals surface area (Å²) in [7, 11) is 0. The Morgan fingerprint density at radius 3 is 2.52 bits per heavy atom. The van der Waals surface area contributed by atoms with Gasteiger partial charge in [0.05, 0.1) is 12.2 Å². The summed E-state index contributed by atoms with van der Waals surface area (Å²) in [5.41, 5.74) is 3.14. The summed E-state index contributed by atoms with van der Waals surface area (Å²) in [5.74, 6) is 1.66. The van der Waals surface area contributed by atoms with Crippen molar-refractivity contribution in [3.63, 3.8) is 0 Å². The van der Waals surface area contributed by atoms with Crippen molar-refractivity contribution in [3.05, 3.63) is 41.3 Å². The maximum Gasteiger partial charge on any atom is 0.191 e. The van der Waals surface area contributed by atoms with E-state index < -0.39 is 0 Å². The first-order chi connectivity index (χ1) is 12.3. The zero-order valence-corrected chi connectivity index (χ0v) is 20.2. The molecule has 0 saturated heterocycles. The van der Waals surface area contributed by atoms with E-state index in [9.17, 15) is 0 Å². The molecule has 2 N–H and O–H groups in total. The first kappa shape index (κ1) is 23.7. The minimum absolute atomic E-state index is 0. The lowest BCUT2D eigenvalue weighted by Gasteiger charge is -2.23. The van der Waals surface area contributed by atoms with Crippen LogP contribution in [0, 0.1) is 13.8 Å². The molecule has 2 rings (SSSR count). The van der Waals surface area contributed by atoms with E-state index in [1.54, 1.807) is 0 Å². The van der Waals surface area contributed by atoms with Crippen molar-refractivity contribution < 1.29 is 0 Å². The third-order valence-corrected chi connectivity index (χ3v) is 5.28. The molecule has 0 bridgehead atoms. The first-order valence-electron chi connectivity index (χ1n) is 8.90. The number of halogens is 1. The van der Waals surface area contributed by atoms with E-state index in [-0.39, 0.29) is 28.7 Å². The molecule has 0 aliphatic heterocycles. The number of nitrogens with zero attached hydrogens (tertiary/aromatic N) is 4. The third-order valence-electron chi connectivity index (χ3n) is 4.03. The van der Waals surface area contributed by atoms with E-state index in [0.29, 0.717) is 6.54 Å². The zero-order valence-electron chi connectivity index (χ0n) is 17.0. The highest BCUT2D eigenvalue weighted by Crippen LogP contribution is 2.19. The van der Waals surface area contributed by atoms with Crippen LogP contribution in [0.5, 0.6) is 0 Å². The minimum atomic E-state index is 0. The monoisotopic (exact) mass is 502 g/mol. The molecule has 2 aromatic heterocycles. The molecule has 0 atom stereocenters. The predicted octanol–water partition coefficient (Wildman–Crippen LogP) is 3.70. The molecule has 0 amide bonds. The molecular formula is C19H31IN6S. The molecular weight excluding hydrogens is 471 g/mol. The van der Waals surface area contributed by atoms with Crippen molar-refractivity contribution in [2.75, 3.05) is 19.3 Å². The summed E-state index contributed by atoms with van der Waals surface area (Å²) in [5, 5.41) is 11.2. The van der Waals surface area contributed by atoms with E-state index >= 15 is 0 Å². The largest absolute Gasteiger partial charge is 0.357 e. The molecule has 0 radical (unpaired) electrons. The number of aromatic nitrogens is 3. The van der Waals surface area contributed by atoms with Gasteiger partial charge in [-0.25, -0.2) is 14.7 Å². The van der Waals surface area contributed by atoms with Crippen molar-refractivity contribution in [1.29, 1.82) is 0 Å². The molecule has 27 heavy (non-hydrogen) atoms. The molecule has 0 aliphatic rings. The molecule has 0 fully saturated rings. The van der Waals surface area contributed by atoms with Gasteiger partial charge in [0.1, 0.15) is 0 Å². The van der Waals surface area contributed by atoms with E-state index in [2.05, 4.69) is 58.8 Å². The number of pyridine rings is 1. The fourth-order valence-corrected chi connectivity index (χ4v) is 2.59. The molecule has 0 saturated carbocycles. The topological polar surface area (TPSA) is 67.1 Å². The van der Waals surface area contributed by atoms with Crippen LogP contribution in [0.4, 0.5) is 0 Å². The van der Waals surface area contributed by atoms with Crippen LogP contribution >= 0.6 is 35.7 Å². The fraction of sp³-hybridized carbons (Fsp3) is 0.526. The Morgan fingerprint density at radius 2 is 2.00 bits per heavy atom. The van der Waals surface area contributed by atoms with Crippen LogP contribution in [0.25, 0.3) is 5.82 Å². The van der Waals surface area contributed by atoms with E-state index in [1.165, 1.54) is 0 Å². The Morgan fingerprint density at radius 1 is 1.26 bits per heavy atom. The standard InChI is InChI=1S/C19H30N6S.HI/c1-7-20-18(23-13-19(4,5)26-6)22-12-16-8-9-17(21-11-16)25-15(3)10-14(2)24-25;/h8-11H,7,12-13H2,1-6H3,(H2,20,22,23);1H. The van der Waals surface area contributed by atoms with Crippen LogP contribution in [0.15, 0.2) is 29.4 Å². The number of hydrogen-bond acceptors (Lipinski definition) is 4.